The van der Waals surface area contributed by atoms with Crippen molar-refractivity contribution in [3.63, 3.8) is 0 Å². The largest absolute Gasteiger partial charge is 0.385 e. The van der Waals surface area contributed by atoms with Crippen molar-refractivity contribution in [1.82, 2.24) is 9.78 Å². The molecule has 1 rings (SSSR count). The molecule has 1 aromatic heterocycles. The highest BCUT2D eigenvalue weighted by molar-refractivity contribution is 9.10. The second-order valence-electron chi connectivity index (χ2n) is 4.47. The summed E-state index contributed by atoms with van der Waals surface area (Å²) in [5, 5.41) is 4.11. The van der Waals surface area contributed by atoms with Crippen LogP contribution < -0.4 is 0 Å². The molecule has 0 aromatic carbocycles. The molecule has 1 heterocycles. The van der Waals surface area contributed by atoms with Crippen LogP contribution in [0.2, 0.25) is 0 Å². The van der Waals surface area contributed by atoms with E-state index in [0.29, 0.717) is 23.3 Å². The summed E-state index contributed by atoms with van der Waals surface area (Å²) in [5.41, 5.74) is 0.441. The number of halogens is 1. The number of ether oxygens (including phenoxy) is 1. The van der Waals surface area contributed by atoms with E-state index in [2.05, 4.69) is 25.2 Å². The maximum Gasteiger partial charge on any atom is 0.264 e. The molecular formula is C12H19BrN2O5S. The van der Waals surface area contributed by atoms with E-state index in [4.69, 9.17) is 4.74 Å². The monoisotopic (exact) mass is 382 g/mol. The molecule has 0 saturated heterocycles. The molecule has 0 saturated carbocycles. The topological polar surface area (TPSA) is 87.5 Å². The van der Waals surface area contributed by atoms with Gasteiger partial charge in [0.2, 0.25) is 0 Å². The molecule has 120 valence electrons. The van der Waals surface area contributed by atoms with Crippen LogP contribution in [0.4, 0.5) is 0 Å². The smallest absolute Gasteiger partial charge is 0.264 e. The Balaban J connectivity index is 2.59. The Bertz CT molecular complexity index is 570. The zero-order chi connectivity index (χ0) is 15.9. The predicted molar refractivity (Wildman–Crippen MR) is 80.8 cm³/mol. The number of aromatic nitrogens is 2. The van der Waals surface area contributed by atoms with Gasteiger partial charge in [-0.05, 0) is 28.8 Å². The van der Waals surface area contributed by atoms with Crippen molar-refractivity contribution in [2.24, 2.45) is 0 Å². The van der Waals surface area contributed by atoms with Crippen LogP contribution in [0.15, 0.2) is 10.7 Å². The lowest BCUT2D eigenvalue weighted by Gasteiger charge is -2.06. The fourth-order valence-corrected chi connectivity index (χ4v) is 2.50. The first-order valence-electron chi connectivity index (χ1n) is 6.43. The third-order valence-electron chi connectivity index (χ3n) is 2.64. The van der Waals surface area contributed by atoms with Crippen LogP contribution in [0, 0.1) is 0 Å². The maximum atomic E-state index is 12.1. The molecule has 0 atom stereocenters. The Morgan fingerprint density at radius 2 is 2.10 bits per heavy atom. The molecule has 1 aromatic rings. The van der Waals surface area contributed by atoms with E-state index in [1.165, 1.54) is 4.68 Å². The maximum absolute atomic E-state index is 12.1. The zero-order valence-electron chi connectivity index (χ0n) is 12.0. The van der Waals surface area contributed by atoms with Crippen molar-refractivity contribution < 1.29 is 22.1 Å². The molecule has 7 nitrogen and oxygen atoms in total. The van der Waals surface area contributed by atoms with Gasteiger partial charge in [0.05, 0.1) is 19.4 Å². The van der Waals surface area contributed by atoms with E-state index in [0.717, 1.165) is 19.1 Å². The SMILES string of the molecule is COCCCCC(=O)c1cc(Br)nn1CCOS(C)(=O)=O. The second kappa shape index (κ2) is 8.62. The van der Waals surface area contributed by atoms with Crippen molar-refractivity contribution in [2.45, 2.75) is 25.8 Å². The number of hydrogen-bond acceptors (Lipinski definition) is 6. The van der Waals surface area contributed by atoms with Crippen molar-refractivity contribution in [2.75, 3.05) is 26.6 Å². The van der Waals surface area contributed by atoms with Crippen LogP contribution in [0.1, 0.15) is 29.8 Å². The third kappa shape index (κ3) is 7.16. The number of methoxy groups -OCH3 is 1. The molecule has 9 heteroatoms. The number of ketones is 1. The van der Waals surface area contributed by atoms with Crippen LogP contribution in [-0.2, 0) is 25.6 Å². The molecule has 0 bridgehead atoms. The number of Topliss-reactive ketones (excluding diaryl/α,β-unsaturated/α-hetero) is 1. The minimum Gasteiger partial charge on any atom is -0.385 e. The number of nitrogens with zero attached hydrogens (tertiary/aromatic N) is 2. The van der Waals surface area contributed by atoms with E-state index >= 15 is 0 Å². The number of carbonyl (C=O) groups is 1. The van der Waals surface area contributed by atoms with Crippen molar-refractivity contribution in [1.29, 1.82) is 0 Å². The minimum absolute atomic E-state index is 0.0383. The van der Waals surface area contributed by atoms with Crippen molar-refractivity contribution in [3.05, 3.63) is 16.4 Å². The Morgan fingerprint density at radius 3 is 2.71 bits per heavy atom. The van der Waals surface area contributed by atoms with Gasteiger partial charge in [0.1, 0.15) is 10.3 Å². The van der Waals surface area contributed by atoms with Gasteiger partial charge in [-0.2, -0.15) is 13.5 Å². The lowest BCUT2D eigenvalue weighted by atomic mass is 10.1. The lowest BCUT2D eigenvalue weighted by molar-refractivity contribution is 0.0963. The molecule has 0 radical (unpaired) electrons. The van der Waals surface area contributed by atoms with Gasteiger partial charge < -0.3 is 4.74 Å². The normalized spacial score (nSPS) is 11.8. The zero-order valence-corrected chi connectivity index (χ0v) is 14.4. The fourth-order valence-electron chi connectivity index (χ4n) is 1.72. The molecule has 0 aliphatic heterocycles. The predicted octanol–water partition coefficient (Wildman–Crippen LogP) is 1.62. The Labute approximate surface area is 132 Å². The molecular weight excluding hydrogens is 364 g/mol. The molecule has 21 heavy (non-hydrogen) atoms. The summed E-state index contributed by atoms with van der Waals surface area (Å²) in [6.07, 6.45) is 2.92. The van der Waals surface area contributed by atoms with Crippen molar-refractivity contribution in [3.8, 4) is 0 Å². The van der Waals surface area contributed by atoms with Gasteiger partial charge in [-0.15, -0.1) is 0 Å². The van der Waals surface area contributed by atoms with Gasteiger partial charge in [0.15, 0.2) is 5.78 Å². The molecule has 0 amide bonds. The van der Waals surface area contributed by atoms with E-state index in [9.17, 15) is 13.2 Å². The first-order chi connectivity index (χ1) is 9.83. The highest BCUT2D eigenvalue weighted by Crippen LogP contribution is 2.14. The average Bonchev–Trinajstić information content (AvgIpc) is 2.74. The highest BCUT2D eigenvalue weighted by Gasteiger charge is 2.14. The number of rotatable bonds is 10. The van der Waals surface area contributed by atoms with Crippen LogP contribution in [-0.4, -0.2) is 50.6 Å². The molecule has 0 aliphatic rings. The average molecular weight is 383 g/mol. The summed E-state index contributed by atoms with van der Waals surface area (Å²) >= 11 is 3.21. The lowest BCUT2D eigenvalue weighted by Crippen LogP contribution is -2.16. The summed E-state index contributed by atoms with van der Waals surface area (Å²) in [5.74, 6) is -0.0383. The first-order valence-corrected chi connectivity index (χ1v) is 9.04. The van der Waals surface area contributed by atoms with Gasteiger partial charge >= 0.3 is 0 Å². The van der Waals surface area contributed by atoms with Gasteiger partial charge in [-0.1, -0.05) is 0 Å². The number of carbonyl (C=O) groups excluding carboxylic acids is 1. The molecule has 0 N–H and O–H groups in total. The quantitative estimate of drug-likeness (QED) is 0.347. The van der Waals surface area contributed by atoms with E-state index in [-0.39, 0.29) is 18.9 Å². The summed E-state index contributed by atoms with van der Waals surface area (Å²) < 4.78 is 33.4. The first kappa shape index (κ1) is 18.3. The Morgan fingerprint density at radius 1 is 1.38 bits per heavy atom. The summed E-state index contributed by atoms with van der Waals surface area (Å²) in [7, 11) is -1.87. The van der Waals surface area contributed by atoms with E-state index < -0.39 is 10.1 Å². The molecule has 0 unspecified atom stereocenters. The number of unbranched alkanes of at least 4 members (excludes halogenated alkanes) is 1. The van der Waals surface area contributed by atoms with Crippen LogP contribution in [0.5, 0.6) is 0 Å². The second-order valence-corrected chi connectivity index (χ2v) is 6.93. The Hall–Kier alpha value is -0.770. The molecule has 0 spiro atoms. The standard InChI is InChI=1S/C12H19BrN2O5S/c1-19-7-4-3-5-11(16)10-9-12(13)14-15(10)6-8-20-21(2,17)18/h9H,3-8H2,1-2H3. The van der Waals surface area contributed by atoms with Crippen molar-refractivity contribution >= 4 is 31.8 Å². The summed E-state index contributed by atoms with van der Waals surface area (Å²) in [6.45, 7) is 0.757. The summed E-state index contributed by atoms with van der Waals surface area (Å²) in [4.78, 5) is 12.1. The van der Waals surface area contributed by atoms with E-state index in [1.54, 1.807) is 13.2 Å². The fraction of sp³-hybridized carbons (Fsp3) is 0.667. The van der Waals surface area contributed by atoms with Gasteiger partial charge in [-0.25, -0.2) is 0 Å². The van der Waals surface area contributed by atoms with Crippen LogP contribution in [0.25, 0.3) is 0 Å². The third-order valence-corrected chi connectivity index (χ3v) is 3.62. The van der Waals surface area contributed by atoms with Crippen LogP contribution in [0.3, 0.4) is 0 Å². The minimum atomic E-state index is -3.49. The van der Waals surface area contributed by atoms with Gasteiger partial charge in [-0.3, -0.25) is 13.7 Å². The number of hydrogen-bond donors (Lipinski definition) is 0. The van der Waals surface area contributed by atoms with Crippen LogP contribution >= 0.6 is 15.9 Å². The van der Waals surface area contributed by atoms with Gasteiger partial charge in [0.25, 0.3) is 10.1 Å². The molecule has 0 aliphatic carbocycles. The van der Waals surface area contributed by atoms with Gasteiger partial charge in [0, 0.05) is 26.2 Å². The molecule has 0 fully saturated rings. The highest BCUT2D eigenvalue weighted by atomic mass is 79.9. The summed E-state index contributed by atoms with van der Waals surface area (Å²) in [6, 6.07) is 1.62. The Kier molecular flexibility index (Phi) is 7.50. The van der Waals surface area contributed by atoms with E-state index in [1.807, 2.05) is 0 Å².